The minimum Gasteiger partial charge on any atom is -0.488 e. The van der Waals surface area contributed by atoms with Crippen molar-refractivity contribution < 1.29 is 24.5 Å². The number of ether oxygens (including phenoxy) is 1. The van der Waals surface area contributed by atoms with Crippen LogP contribution in [0.3, 0.4) is 0 Å². The first-order valence-corrected chi connectivity index (χ1v) is 9.01. The van der Waals surface area contributed by atoms with Gasteiger partial charge in [0.05, 0.1) is 12.0 Å². The lowest BCUT2D eigenvalue weighted by Crippen LogP contribution is -2.34. The Kier molecular flexibility index (Phi) is 5.58. The van der Waals surface area contributed by atoms with Gasteiger partial charge in [-0.2, -0.15) is 0 Å². The summed E-state index contributed by atoms with van der Waals surface area (Å²) in [5, 5.41) is 21.8. The Morgan fingerprint density at radius 1 is 1.00 bits per heavy atom. The molecular formula is C19H25NO5. The van der Waals surface area contributed by atoms with Crippen molar-refractivity contribution in [3.05, 3.63) is 24.3 Å². The molecule has 3 rings (SSSR count). The number of benzene rings is 1. The summed E-state index contributed by atoms with van der Waals surface area (Å²) >= 11 is 0. The fraction of sp³-hybridized carbons (Fsp3) is 0.579. The van der Waals surface area contributed by atoms with Gasteiger partial charge >= 0.3 is 5.97 Å². The highest BCUT2D eigenvalue weighted by atomic mass is 16.5. The number of carbonyl (C=O) groups excluding carboxylic acids is 1. The smallest absolute Gasteiger partial charge is 0.306 e. The second kappa shape index (κ2) is 7.87. The van der Waals surface area contributed by atoms with Crippen LogP contribution in [0.15, 0.2) is 24.3 Å². The van der Waals surface area contributed by atoms with Crippen LogP contribution >= 0.6 is 0 Å². The molecule has 1 aromatic carbocycles. The number of aliphatic hydroxyl groups is 1. The molecule has 0 spiro atoms. The number of hydrogen-bond donors (Lipinski definition) is 3. The molecule has 2 aliphatic rings. The van der Waals surface area contributed by atoms with Gasteiger partial charge in [-0.3, -0.25) is 9.59 Å². The maximum absolute atomic E-state index is 12.3. The molecule has 0 saturated heterocycles. The van der Waals surface area contributed by atoms with Crippen LogP contribution in [-0.2, 0) is 9.59 Å². The van der Waals surface area contributed by atoms with Crippen molar-refractivity contribution in [3.63, 3.8) is 0 Å². The van der Waals surface area contributed by atoms with E-state index in [-0.39, 0.29) is 17.9 Å². The van der Waals surface area contributed by atoms with Gasteiger partial charge in [-0.15, -0.1) is 0 Å². The van der Waals surface area contributed by atoms with Crippen LogP contribution in [-0.4, -0.2) is 34.3 Å². The Morgan fingerprint density at radius 3 is 2.32 bits per heavy atom. The molecular weight excluding hydrogens is 322 g/mol. The fourth-order valence-corrected chi connectivity index (χ4v) is 3.69. The molecule has 4 atom stereocenters. The molecule has 0 aromatic heterocycles. The lowest BCUT2D eigenvalue weighted by Gasteiger charge is -2.28. The molecule has 2 aliphatic carbocycles. The number of hydrogen-bond acceptors (Lipinski definition) is 4. The van der Waals surface area contributed by atoms with E-state index >= 15 is 0 Å². The highest BCUT2D eigenvalue weighted by Crippen LogP contribution is 2.32. The van der Waals surface area contributed by atoms with Crippen molar-refractivity contribution in [2.24, 2.45) is 11.8 Å². The standard InChI is InChI=1S/C19H25NO5/c21-16-3-1-2-4-17(16)25-15-9-7-14(8-10-15)20-18(22)12-5-6-13(11-12)19(23)24/h7-10,12-13,16-17,21H,1-6,11H2,(H,20,22)(H,23,24)/t12-,13+,16?,17?/m1/s1. The van der Waals surface area contributed by atoms with Gasteiger partial charge in [0, 0.05) is 11.6 Å². The molecule has 25 heavy (non-hydrogen) atoms. The summed E-state index contributed by atoms with van der Waals surface area (Å²) in [5.41, 5.74) is 0.667. The van der Waals surface area contributed by atoms with Crippen LogP contribution in [0.4, 0.5) is 5.69 Å². The number of rotatable bonds is 5. The van der Waals surface area contributed by atoms with Crippen LogP contribution < -0.4 is 10.1 Å². The summed E-state index contributed by atoms with van der Waals surface area (Å²) in [6.07, 6.45) is 4.72. The second-order valence-corrected chi connectivity index (χ2v) is 7.07. The predicted molar refractivity (Wildman–Crippen MR) is 92.4 cm³/mol. The molecule has 2 saturated carbocycles. The zero-order valence-corrected chi connectivity index (χ0v) is 14.2. The molecule has 6 heteroatoms. The van der Waals surface area contributed by atoms with Crippen LogP contribution in [0.2, 0.25) is 0 Å². The van der Waals surface area contributed by atoms with E-state index in [9.17, 15) is 14.7 Å². The number of amides is 1. The van der Waals surface area contributed by atoms with Gasteiger partial charge in [0.2, 0.25) is 5.91 Å². The van der Waals surface area contributed by atoms with Crippen molar-refractivity contribution in [3.8, 4) is 5.75 Å². The summed E-state index contributed by atoms with van der Waals surface area (Å²) in [6, 6.07) is 7.11. The first kappa shape index (κ1) is 17.7. The lowest BCUT2D eigenvalue weighted by atomic mass is 9.95. The molecule has 136 valence electrons. The van der Waals surface area contributed by atoms with E-state index in [1.807, 2.05) is 0 Å². The molecule has 0 bridgehead atoms. The monoisotopic (exact) mass is 347 g/mol. The third-order valence-corrected chi connectivity index (χ3v) is 5.23. The van der Waals surface area contributed by atoms with Gasteiger partial charge in [0.25, 0.3) is 0 Å². The van der Waals surface area contributed by atoms with Crippen molar-refractivity contribution in [1.29, 1.82) is 0 Å². The highest BCUT2D eigenvalue weighted by molar-refractivity contribution is 5.93. The van der Waals surface area contributed by atoms with Crippen molar-refractivity contribution in [2.45, 2.75) is 57.2 Å². The van der Waals surface area contributed by atoms with E-state index in [2.05, 4.69) is 5.32 Å². The Balaban J connectivity index is 1.52. The topological polar surface area (TPSA) is 95.9 Å². The van der Waals surface area contributed by atoms with E-state index in [0.717, 1.165) is 25.7 Å². The number of carboxylic acids is 1. The number of anilines is 1. The molecule has 0 radical (unpaired) electrons. The normalized spacial score (nSPS) is 29.2. The van der Waals surface area contributed by atoms with Gasteiger partial charge in [-0.05, 0) is 62.8 Å². The van der Waals surface area contributed by atoms with Gasteiger partial charge in [-0.1, -0.05) is 6.42 Å². The zero-order valence-electron chi connectivity index (χ0n) is 14.2. The van der Waals surface area contributed by atoms with E-state index < -0.39 is 18.0 Å². The number of carbonyl (C=O) groups is 2. The molecule has 1 aromatic rings. The third kappa shape index (κ3) is 4.51. The summed E-state index contributed by atoms with van der Waals surface area (Å²) < 4.78 is 5.84. The maximum atomic E-state index is 12.3. The largest absolute Gasteiger partial charge is 0.488 e. The van der Waals surface area contributed by atoms with E-state index in [1.165, 1.54) is 0 Å². The Morgan fingerprint density at radius 2 is 1.68 bits per heavy atom. The average Bonchev–Trinajstić information content (AvgIpc) is 3.09. The van der Waals surface area contributed by atoms with Gasteiger partial charge < -0.3 is 20.3 Å². The second-order valence-electron chi connectivity index (χ2n) is 7.07. The summed E-state index contributed by atoms with van der Waals surface area (Å²) in [6.45, 7) is 0. The predicted octanol–water partition coefficient (Wildman–Crippen LogP) is 2.81. The first-order chi connectivity index (χ1) is 12.0. The number of aliphatic hydroxyl groups excluding tert-OH is 1. The molecule has 1 amide bonds. The van der Waals surface area contributed by atoms with Crippen molar-refractivity contribution in [2.75, 3.05) is 5.32 Å². The quantitative estimate of drug-likeness (QED) is 0.761. The van der Waals surface area contributed by atoms with Gasteiger partial charge in [0.1, 0.15) is 11.9 Å². The van der Waals surface area contributed by atoms with Crippen molar-refractivity contribution >= 4 is 17.6 Å². The van der Waals surface area contributed by atoms with Gasteiger partial charge in [0.15, 0.2) is 0 Å². The van der Waals surface area contributed by atoms with Crippen molar-refractivity contribution in [1.82, 2.24) is 0 Å². The Bertz CT molecular complexity index is 615. The first-order valence-electron chi connectivity index (χ1n) is 9.01. The number of nitrogens with one attached hydrogen (secondary N) is 1. The Labute approximate surface area is 147 Å². The molecule has 0 aliphatic heterocycles. The van der Waals surface area contributed by atoms with Crippen LogP contribution in [0.25, 0.3) is 0 Å². The fourth-order valence-electron chi connectivity index (χ4n) is 3.69. The van der Waals surface area contributed by atoms with Crippen LogP contribution in [0.1, 0.15) is 44.9 Å². The van der Waals surface area contributed by atoms with E-state index in [4.69, 9.17) is 9.84 Å². The molecule has 6 nitrogen and oxygen atoms in total. The number of aliphatic carboxylic acids is 1. The Hall–Kier alpha value is -2.08. The molecule has 0 heterocycles. The highest BCUT2D eigenvalue weighted by Gasteiger charge is 2.33. The minimum absolute atomic E-state index is 0.125. The van der Waals surface area contributed by atoms with Crippen LogP contribution in [0.5, 0.6) is 5.75 Å². The summed E-state index contributed by atoms with van der Waals surface area (Å²) in [5.74, 6) is -0.916. The molecule has 3 N–H and O–H groups in total. The summed E-state index contributed by atoms with van der Waals surface area (Å²) in [7, 11) is 0. The zero-order chi connectivity index (χ0) is 17.8. The average molecular weight is 347 g/mol. The maximum Gasteiger partial charge on any atom is 0.306 e. The molecule has 2 fully saturated rings. The third-order valence-electron chi connectivity index (χ3n) is 5.23. The number of carboxylic acid groups (broad SMARTS) is 1. The SMILES string of the molecule is O=C(O)[C@H]1CC[C@@H](C(=O)Nc2ccc(OC3CCCCC3O)cc2)C1. The van der Waals surface area contributed by atoms with Gasteiger partial charge in [-0.25, -0.2) is 0 Å². The van der Waals surface area contributed by atoms with Crippen LogP contribution in [0, 0.1) is 11.8 Å². The lowest BCUT2D eigenvalue weighted by molar-refractivity contribution is -0.141. The molecule has 2 unspecified atom stereocenters. The van der Waals surface area contributed by atoms with E-state index in [0.29, 0.717) is 30.7 Å². The van der Waals surface area contributed by atoms with E-state index in [1.54, 1.807) is 24.3 Å². The minimum atomic E-state index is -0.818. The summed E-state index contributed by atoms with van der Waals surface area (Å²) in [4.78, 5) is 23.2.